The van der Waals surface area contributed by atoms with E-state index in [2.05, 4.69) is 10.3 Å². The predicted molar refractivity (Wildman–Crippen MR) is 80.6 cm³/mol. The van der Waals surface area contributed by atoms with Crippen molar-refractivity contribution in [2.75, 3.05) is 11.1 Å². The number of nitrogens with one attached hydrogen (secondary N) is 1. The molecule has 0 saturated heterocycles. The third-order valence-electron chi connectivity index (χ3n) is 3.04. The van der Waals surface area contributed by atoms with Crippen LogP contribution in [0.1, 0.15) is 10.5 Å². The van der Waals surface area contributed by atoms with Gasteiger partial charge in [0.05, 0.1) is 0 Å². The van der Waals surface area contributed by atoms with Crippen molar-refractivity contribution in [2.45, 2.75) is 0 Å². The van der Waals surface area contributed by atoms with Crippen LogP contribution in [0.5, 0.6) is 0 Å². The van der Waals surface area contributed by atoms with Gasteiger partial charge < -0.3 is 11.1 Å². The number of nitrogen functional groups attached to an aromatic ring is 1. The van der Waals surface area contributed by atoms with Crippen molar-refractivity contribution in [2.24, 2.45) is 0 Å². The standard InChI is InChI=1S/C16H13N3O/c17-12-7-6-11-8-9-18-15(14(11)10-12)16(20)19-13-4-2-1-3-5-13/h1-10H,17H2,(H,19,20). The minimum atomic E-state index is -0.243. The highest BCUT2D eigenvalue weighted by atomic mass is 16.1. The van der Waals surface area contributed by atoms with E-state index < -0.39 is 0 Å². The minimum Gasteiger partial charge on any atom is -0.399 e. The summed E-state index contributed by atoms with van der Waals surface area (Å²) in [5, 5.41) is 4.52. The molecule has 3 rings (SSSR count). The van der Waals surface area contributed by atoms with Gasteiger partial charge in [0.25, 0.3) is 5.91 Å². The number of nitrogens with two attached hydrogens (primary N) is 1. The van der Waals surface area contributed by atoms with Crippen LogP contribution in [0.4, 0.5) is 11.4 Å². The third-order valence-corrected chi connectivity index (χ3v) is 3.04. The molecule has 1 heterocycles. The average molecular weight is 263 g/mol. The molecule has 0 aliphatic heterocycles. The van der Waals surface area contributed by atoms with E-state index in [1.165, 1.54) is 0 Å². The Labute approximate surface area is 116 Å². The van der Waals surface area contributed by atoms with Crippen LogP contribution in [-0.2, 0) is 0 Å². The molecule has 0 atom stereocenters. The maximum atomic E-state index is 12.3. The molecule has 0 fully saturated rings. The van der Waals surface area contributed by atoms with Crippen molar-refractivity contribution in [3.63, 3.8) is 0 Å². The van der Waals surface area contributed by atoms with Crippen molar-refractivity contribution in [3.8, 4) is 0 Å². The Morgan fingerprint density at radius 2 is 1.85 bits per heavy atom. The van der Waals surface area contributed by atoms with Gasteiger partial charge in [0.2, 0.25) is 0 Å². The highest BCUT2D eigenvalue weighted by Gasteiger charge is 2.12. The van der Waals surface area contributed by atoms with E-state index in [-0.39, 0.29) is 5.91 Å². The molecule has 4 nitrogen and oxygen atoms in total. The van der Waals surface area contributed by atoms with E-state index >= 15 is 0 Å². The van der Waals surface area contributed by atoms with Crippen LogP contribution in [0.15, 0.2) is 60.8 Å². The summed E-state index contributed by atoms with van der Waals surface area (Å²) in [6.45, 7) is 0. The Kier molecular flexibility index (Phi) is 3.05. The molecular weight excluding hydrogens is 250 g/mol. The van der Waals surface area contributed by atoms with Crippen LogP contribution in [0, 0.1) is 0 Å². The van der Waals surface area contributed by atoms with Gasteiger partial charge in [-0.1, -0.05) is 24.3 Å². The lowest BCUT2D eigenvalue weighted by Gasteiger charge is -2.07. The van der Waals surface area contributed by atoms with E-state index in [0.717, 1.165) is 16.5 Å². The molecule has 0 unspecified atom stereocenters. The number of carbonyl (C=O) groups is 1. The van der Waals surface area contributed by atoms with E-state index in [0.29, 0.717) is 11.4 Å². The quantitative estimate of drug-likeness (QED) is 0.698. The molecule has 1 amide bonds. The molecule has 0 aliphatic rings. The van der Waals surface area contributed by atoms with Crippen LogP contribution in [0.25, 0.3) is 10.8 Å². The highest BCUT2D eigenvalue weighted by Crippen LogP contribution is 2.20. The van der Waals surface area contributed by atoms with Gasteiger partial charge >= 0.3 is 0 Å². The Balaban J connectivity index is 2.01. The number of aromatic nitrogens is 1. The van der Waals surface area contributed by atoms with Gasteiger partial charge in [0, 0.05) is 23.0 Å². The molecule has 3 N–H and O–H groups in total. The summed E-state index contributed by atoms with van der Waals surface area (Å²) < 4.78 is 0. The molecule has 0 bridgehead atoms. The summed E-state index contributed by atoms with van der Waals surface area (Å²) in [5.41, 5.74) is 7.51. The van der Waals surface area contributed by atoms with Crippen LogP contribution in [-0.4, -0.2) is 10.9 Å². The maximum absolute atomic E-state index is 12.3. The second-order valence-corrected chi connectivity index (χ2v) is 4.46. The van der Waals surface area contributed by atoms with Crippen molar-refractivity contribution in [3.05, 3.63) is 66.5 Å². The average Bonchev–Trinajstić information content (AvgIpc) is 2.47. The fourth-order valence-electron chi connectivity index (χ4n) is 2.08. The number of rotatable bonds is 2. The highest BCUT2D eigenvalue weighted by molar-refractivity contribution is 6.11. The van der Waals surface area contributed by atoms with Crippen LogP contribution >= 0.6 is 0 Å². The number of pyridine rings is 1. The van der Waals surface area contributed by atoms with Gasteiger partial charge in [-0.15, -0.1) is 0 Å². The SMILES string of the molecule is Nc1ccc2ccnc(C(=O)Nc3ccccc3)c2c1. The van der Waals surface area contributed by atoms with Crippen LogP contribution in [0.3, 0.4) is 0 Å². The lowest BCUT2D eigenvalue weighted by molar-refractivity contribution is 0.102. The zero-order valence-electron chi connectivity index (χ0n) is 10.7. The predicted octanol–water partition coefficient (Wildman–Crippen LogP) is 3.07. The number of nitrogens with zero attached hydrogens (tertiary/aromatic N) is 1. The second-order valence-electron chi connectivity index (χ2n) is 4.46. The topological polar surface area (TPSA) is 68.0 Å². The van der Waals surface area contributed by atoms with E-state index in [1.54, 1.807) is 18.3 Å². The van der Waals surface area contributed by atoms with Gasteiger partial charge in [-0.05, 0) is 35.7 Å². The molecule has 0 saturated carbocycles. The Morgan fingerprint density at radius 1 is 1.05 bits per heavy atom. The first-order valence-electron chi connectivity index (χ1n) is 6.25. The molecule has 98 valence electrons. The van der Waals surface area contributed by atoms with Crippen molar-refractivity contribution in [1.29, 1.82) is 0 Å². The third kappa shape index (κ3) is 2.31. The minimum absolute atomic E-state index is 0.243. The van der Waals surface area contributed by atoms with Gasteiger partial charge in [-0.25, -0.2) is 0 Å². The molecule has 3 aromatic rings. The summed E-state index contributed by atoms with van der Waals surface area (Å²) >= 11 is 0. The number of para-hydroxylation sites is 1. The van der Waals surface area contributed by atoms with Gasteiger partial charge in [-0.3, -0.25) is 9.78 Å². The van der Waals surface area contributed by atoms with E-state index in [9.17, 15) is 4.79 Å². The lowest BCUT2D eigenvalue weighted by atomic mass is 10.1. The number of amides is 1. The van der Waals surface area contributed by atoms with Gasteiger partial charge in [0.15, 0.2) is 0 Å². The molecule has 0 aliphatic carbocycles. The van der Waals surface area contributed by atoms with E-state index in [1.807, 2.05) is 42.5 Å². The Bertz CT molecular complexity index is 769. The first-order valence-corrected chi connectivity index (χ1v) is 6.25. The normalized spacial score (nSPS) is 10.4. The number of hydrogen-bond acceptors (Lipinski definition) is 3. The molecule has 20 heavy (non-hydrogen) atoms. The molecule has 4 heteroatoms. The molecular formula is C16H13N3O. The Hall–Kier alpha value is -2.88. The summed E-state index contributed by atoms with van der Waals surface area (Å²) in [4.78, 5) is 16.5. The molecule has 0 spiro atoms. The number of anilines is 2. The molecule has 2 aromatic carbocycles. The summed E-state index contributed by atoms with van der Waals surface area (Å²) in [6, 6.07) is 16.6. The van der Waals surface area contributed by atoms with Crippen LogP contribution in [0.2, 0.25) is 0 Å². The second kappa shape index (κ2) is 5.01. The fraction of sp³-hybridized carbons (Fsp3) is 0. The zero-order valence-corrected chi connectivity index (χ0v) is 10.7. The lowest BCUT2D eigenvalue weighted by Crippen LogP contribution is -2.14. The monoisotopic (exact) mass is 263 g/mol. The van der Waals surface area contributed by atoms with Gasteiger partial charge in [0.1, 0.15) is 5.69 Å². The number of carbonyl (C=O) groups excluding carboxylic acids is 1. The molecule has 1 aromatic heterocycles. The summed E-state index contributed by atoms with van der Waals surface area (Å²) in [7, 11) is 0. The summed E-state index contributed by atoms with van der Waals surface area (Å²) in [5.74, 6) is -0.243. The zero-order chi connectivity index (χ0) is 13.9. The number of hydrogen-bond donors (Lipinski definition) is 2. The first kappa shape index (κ1) is 12.2. The molecule has 0 radical (unpaired) electrons. The van der Waals surface area contributed by atoms with Crippen molar-refractivity contribution in [1.82, 2.24) is 4.98 Å². The van der Waals surface area contributed by atoms with Crippen molar-refractivity contribution >= 4 is 28.1 Å². The smallest absolute Gasteiger partial charge is 0.274 e. The Morgan fingerprint density at radius 3 is 2.65 bits per heavy atom. The van der Waals surface area contributed by atoms with Crippen molar-refractivity contribution < 1.29 is 4.79 Å². The van der Waals surface area contributed by atoms with Gasteiger partial charge in [-0.2, -0.15) is 0 Å². The van der Waals surface area contributed by atoms with E-state index in [4.69, 9.17) is 5.73 Å². The summed E-state index contributed by atoms with van der Waals surface area (Å²) in [6.07, 6.45) is 1.62. The fourth-order valence-corrected chi connectivity index (χ4v) is 2.08. The largest absolute Gasteiger partial charge is 0.399 e. The number of benzene rings is 2. The van der Waals surface area contributed by atoms with Crippen LogP contribution < -0.4 is 11.1 Å². The maximum Gasteiger partial charge on any atom is 0.274 e. The number of fused-ring (bicyclic) bond motifs is 1. The first-order chi connectivity index (χ1) is 9.74.